The van der Waals surface area contributed by atoms with Gasteiger partial charge in [0.25, 0.3) is 0 Å². The second-order valence-corrected chi connectivity index (χ2v) is 7.22. The highest BCUT2D eigenvalue weighted by atomic mass is 35.5. The molecule has 1 spiro atoms. The maximum Gasteiger partial charge on any atom is 0.232 e. The Kier molecular flexibility index (Phi) is 3.18. The first-order valence-electron chi connectivity index (χ1n) is 8.38. The second-order valence-electron chi connectivity index (χ2n) is 6.88. The summed E-state index contributed by atoms with van der Waals surface area (Å²) in [5.41, 5.74) is 0.332. The van der Waals surface area contributed by atoms with Crippen LogP contribution in [0.4, 0.5) is 11.9 Å². The number of ether oxygens (including phenoxy) is 2. The molecule has 0 aromatic carbocycles. The van der Waals surface area contributed by atoms with E-state index < -0.39 is 0 Å². The van der Waals surface area contributed by atoms with Crippen molar-refractivity contribution < 1.29 is 9.47 Å². The molecule has 0 bridgehead atoms. The van der Waals surface area contributed by atoms with Gasteiger partial charge in [0, 0.05) is 24.5 Å². The Morgan fingerprint density at radius 3 is 2.74 bits per heavy atom. The third-order valence-electron chi connectivity index (χ3n) is 5.87. The molecule has 4 fully saturated rings. The van der Waals surface area contributed by atoms with Gasteiger partial charge in [0.15, 0.2) is 0 Å². The monoisotopic (exact) mass is 337 g/mol. The lowest BCUT2D eigenvalue weighted by atomic mass is 9.69. The summed E-state index contributed by atoms with van der Waals surface area (Å²) in [5.74, 6) is 1.38. The zero-order valence-electron chi connectivity index (χ0n) is 12.9. The van der Waals surface area contributed by atoms with Gasteiger partial charge in [-0.05, 0) is 24.4 Å². The van der Waals surface area contributed by atoms with Crippen molar-refractivity contribution in [3.63, 3.8) is 0 Å². The van der Waals surface area contributed by atoms with E-state index in [-0.39, 0.29) is 5.28 Å². The number of aromatic nitrogens is 3. The molecule has 4 heterocycles. The molecule has 5 rings (SSSR count). The molecule has 1 aliphatic carbocycles. The summed E-state index contributed by atoms with van der Waals surface area (Å²) in [4.78, 5) is 17.9. The summed E-state index contributed by atoms with van der Waals surface area (Å²) >= 11 is 6.20. The summed E-state index contributed by atoms with van der Waals surface area (Å²) in [6.07, 6.45) is 3.71. The maximum absolute atomic E-state index is 6.20. The van der Waals surface area contributed by atoms with E-state index in [4.69, 9.17) is 26.1 Å². The Morgan fingerprint density at radius 2 is 1.87 bits per heavy atom. The number of nitrogens with zero attached hydrogens (tertiary/aromatic N) is 5. The Labute approximate surface area is 139 Å². The van der Waals surface area contributed by atoms with E-state index in [9.17, 15) is 0 Å². The lowest BCUT2D eigenvalue weighted by Crippen LogP contribution is -2.69. The molecule has 3 aliphatic heterocycles. The Balaban J connectivity index is 1.48. The van der Waals surface area contributed by atoms with Crippen molar-refractivity contribution in [1.29, 1.82) is 0 Å². The molecule has 0 N–H and O–H groups in total. The van der Waals surface area contributed by atoms with Gasteiger partial charge in [-0.1, -0.05) is 6.42 Å². The van der Waals surface area contributed by atoms with Crippen molar-refractivity contribution in [2.45, 2.75) is 31.3 Å². The molecule has 1 saturated carbocycles. The predicted molar refractivity (Wildman–Crippen MR) is 85.0 cm³/mol. The van der Waals surface area contributed by atoms with Crippen molar-refractivity contribution in [2.24, 2.45) is 5.41 Å². The highest BCUT2D eigenvalue weighted by Gasteiger charge is 2.66. The van der Waals surface area contributed by atoms with Gasteiger partial charge in [-0.25, -0.2) is 0 Å². The van der Waals surface area contributed by atoms with E-state index in [2.05, 4.69) is 19.8 Å². The standard InChI is InChI=1S/C15H20ClN5O2/c16-12-17-13(20-4-6-22-7-5-20)19-14(18-12)21-10-2-1-3-15(10)9-23-8-11(15)21/h10-11H,1-9H2. The average Bonchev–Trinajstić information content (AvgIpc) is 3.10. The van der Waals surface area contributed by atoms with E-state index in [1.54, 1.807) is 0 Å². The molecule has 1 aromatic heterocycles. The second kappa shape index (κ2) is 5.16. The molecular formula is C15H20ClN5O2. The first kappa shape index (κ1) is 14.2. The third-order valence-corrected chi connectivity index (χ3v) is 6.04. The van der Waals surface area contributed by atoms with E-state index in [1.807, 2.05) is 0 Å². The van der Waals surface area contributed by atoms with Crippen LogP contribution in [0.25, 0.3) is 0 Å². The lowest BCUT2D eigenvalue weighted by Gasteiger charge is -2.56. The quantitative estimate of drug-likeness (QED) is 0.801. The number of morpholine rings is 1. The van der Waals surface area contributed by atoms with Crippen molar-refractivity contribution in [1.82, 2.24) is 15.0 Å². The molecule has 7 nitrogen and oxygen atoms in total. The van der Waals surface area contributed by atoms with Crippen molar-refractivity contribution in [3.8, 4) is 0 Å². The van der Waals surface area contributed by atoms with Crippen LogP contribution in [0.3, 0.4) is 0 Å². The summed E-state index contributed by atoms with van der Waals surface area (Å²) in [6.45, 7) is 4.63. The van der Waals surface area contributed by atoms with E-state index in [0.29, 0.717) is 42.6 Å². The molecule has 3 unspecified atom stereocenters. The summed E-state index contributed by atoms with van der Waals surface area (Å²) in [5, 5.41) is 0.269. The Morgan fingerprint density at radius 1 is 1.04 bits per heavy atom. The fourth-order valence-electron chi connectivity index (χ4n) is 4.80. The van der Waals surface area contributed by atoms with Gasteiger partial charge in [-0.15, -0.1) is 0 Å². The van der Waals surface area contributed by atoms with Crippen LogP contribution in [0, 0.1) is 5.41 Å². The highest BCUT2D eigenvalue weighted by Crippen LogP contribution is 2.58. The van der Waals surface area contributed by atoms with Crippen molar-refractivity contribution >= 4 is 23.5 Å². The Hall–Kier alpha value is -1.18. The molecule has 23 heavy (non-hydrogen) atoms. The number of anilines is 2. The zero-order chi connectivity index (χ0) is 15.4. The molecule has 0 radical (unpaired) electrons. The molecule has 1 aromatic rings. The summed E-state index contributed by atoms with van der Waals surface area (Å²) in [7, 11) is 0. The predicted octanol–water partition coefficient (Wildman–Crippen LogP) is 1.12. The van der Waals surface area contributed by atoms with E-state index >= 15 is 0 Å². The molecule has 8 heteroatoms. The van der Waals surface area contributed by atoms with Gasteiger partial charge >= 0.3 is 0 Å². The van der Waals surface area contributed by atoms with Crippen LogP contribution in [0.5, 0.6) is 0 Å². The van der Waals surface area contributed by atoms with Gasteiger partial charge in [0.1, 0.15) is 0 Å². The van der Waals surface area contributed by atoms with Crippen LogP contribution in [0.15, 0.2) is 0 Å². The Bertz CT molecular complexity index is 604. The minimum atomic E-state index is 0.269. The van der Waals surface area contributed by atoms with Crippen LogP contribution in [-0.2, 0) is 9.47 Å². The largest absolute Gasteiger partial charge is 0.379 e. The van der Waals surface area contributed by atoms with Crippen LogP contribution in [0.2, 0.25) is 5.28 Å². The number of hydrogen-bond acceptors (Lipinski definition) is 7. The topological polar surface area (TPSA) is 63.6 Å². The third kappa shape index (κ3) is 1.99. The molecule has 3 atom stereocenters. The van der Waals surface area contributed by atoms with Gasteiger partial charge in [0.2, 0.25) is 17.2 Å². The van der Waals surface area contributed by atoms with Crippen molar-refractivity contribution in [3.05, 3.63) is 5.28 Å². The molecule has 4 aliphatic rings. The summed E-state index contributed by atoms with van der Waals surface area (Å²) < 4.78 is 11.2. The van der Waals surface area contributed by atoms with Gasteiger partial charge in [0.05, 0.1) is 32.5 Å². The van der Waals surface area contributed by atoms with Crippen LogP contribution >= 0.6 is 11.6 Å². The minimum Gasteiger partial charge on any atom is -0.379 e. The van der Waals surface area contributed by atoms with E-state index in [0.717, 1.165) is 26.3 Å². The number of rotatable bonds is 2. The number of halogens is 1. The molecule has 124 valence electrons. The number of hydrogen-bond donors (Lipinski definition) is 0. The first-order chi connectivity index (χ1) is 11.3. The van der Waals surface area contributed by atoms with Crippen LogP contribution < -0.4 is 9.80 Å². The average molecular weight is 338 g/mol. The lowest BCUT2D eigenvalue weighted by molar-refractivity contribution is 0.108. The zero-order valence-corrected chi connectivity index (χ0v) is 13.7. The van der Waals surface area contributed by atoms with E-state index in [1.165, 1.54) is 19.3 Å². The van der Waals surface area contributed by atoms with Crippen molar-refractivity contribution in [2.75, 3.05) is 49.3 Å². The minimum absolute atomic E-state index is 0.269. The SMILES string of the molecule is Clc1nc(N2CCOCC2)nc(N2C3CCCC34COCC24)n1. The summed E-state index contributed by atoms with van der Waals surface area (Å²) in [6, 6.07) is 0.886. The smallest absolute Gasteiger partial charge is 0.232 e. The normalized spacial score (nSPS) is 35.9. The van der Waals surface area contributed by atoms with Crippen LogP contribution in [-0.4, -0.2) is 66.6 Å². The fourth-order valence-corrected chi connectivity index (χ4v) is 4.95. The maximum atomic E-state index is 6.20. The fraction of sp³-hybridized carbons (Fsp3) is 0.800. The van der Waals surface area contributed by atoms with Gasteiger partial charge in [-0.3, -0.25) is 0 Å². The highest BCUT2D eigenvalue weighted by molar-refractivity contribution is 6.28. The molecule has 0 amide bonds. The van der Waals surface area contributed by atoms with Crippen LogP contribution in [0.1, 0.15) is 19.3 Å². The molecular weight excluding hydrogens is 318 g/mol. The van der Waals surface area contributed by atoms with Gasteiger partial charge < -0.3 is 19.3 Å². The molecule has 3 saturated heterocycles. The first-order valence-corrected chi connectivity index (χ1v) is 8.76. The van der Waals surface area contributed by atoms with Gasteiger partial charge in [-0.2, -0.15) is 15.0 Å².